The molecule has 0 saturated heterocycles. The summed E-state index contributed by atoms with van der Waals surface area (Å²) in [5, 5.41) is 0. The standard InChI is InChI=1S/C9H7Br2IO/c1-5(13)9(11)7-3-2-6(12)4-8(7)10/h2-4,9H,1H3. The average molecular weight is 418 g/mol. The minimum absolute atomic E-state index is 0.113. The predicted octanol–water partition coefficient (Wildman–Crippen LogP) is 4.08. The van der Waals surface area contributed by atoms with E-state index in [0.29, 0.717) is 0 Å². The van der Waals surface area contributed by atoms with Crippen LogP contribution in [0.15, 0.2) is 22.7 Å². The molecule has 0 amide bonds. The van der Waals surface area contributed by atoms with E-state index in [4.69, 9.17) is 0 Å². The molecule has 0 spiro atoms. The maximum atomic E-state index is 11.1. The topological polar surface area (TPSA) is 17.1 Å². The Bertz CT molecular complexity index is 338. The van der Waals surface area contributed by atoms with Crippen molar-refractivity contribution in [3.63, 3.8) is 0 Å². The molecule has 0 aliphatic carbocycles. The number of hydrogen-bond acceptors (Lipinski definition) is 1. The molecule has 0 aromatic heterocycles. The average Bonchev–Trinajstić information content (AvgIpc) is 2.03. The number of benzene rings is 1. The lowest BCUT2D eigenvalue weighted by atomic mass is 10.1. The van der Waals surface area contributed by atoms with E-state index in [-0.39, 0.29) is 10.6 Å². The summed E-state index contributed by atoms with van der Waals surface area (Å²) >= 11 is 9.01. The lowest BCUT2D eigenvalue weighted by molar-refractivity contribution is -0.116. The maximum absolute atomic E-state index is 11.1. The van der Waals surface area contributed by atoms with Gasteiger partial charge in [-0.25, -0.2) is 0 Å². The molecule has 0 fully saturated rings. The smallest absolute Gasteiger partial charge is 0.147 e. The number of alkyl halides is 1. The first-order chi connectivity index (χ1) is 6.02. The van der Waals surface area contributed by atoms with Gasteiger partial charge in [0.2, 0.25) is 0 Å². The minimum atomic E-state index is -0.209. The van der Waals surface area contributed by atoms with Crippen molar-refractivity contribution in [3.05, 3.63) is 31.8 Å². The zero-order chi connectivity index (χ0) is 10.0. The summed E-state index contributed by atoms with van der Waals surface area (Å²) in [5.74, 6) is 0.113. The van der Waals surface area contributed by atoms with E-state index in [1.54, 1.807) is 6.92 Å². The van der Waals surface area contributed by atoms with Gasteiger partial charge in [-0.05, 0) is 47.2 Å². The quantitative estimate of drug-likeness (QED) is 0.523. The van der Waals surface area contributed by atoms with Gasteiger partial charge in [0.05, 0.1) is 4.83 Å². The Morgan fingerprint density at radius 1 is 1.54 bits per heavy atom. The highest BCUT2D eigenvalue weighted by Crippen LogP contribution is 2.31. The number of halogens is 3. The van der Waals surface area contributed by atoms with Gasteiger partial charge in [0.15, 0.2) is 0 Å². The first-order valence-electron chi connectivity index (χ1n) is 3.62. The van der Waals surface area contributed by atoms with Crippen LogP contribution in [0.3, 0.4) is 0 Å². The van der Waals surface area contributed by atoms with E-state index in [1.165, 1.54) is 0 Å². The predicted molar refractivity (Wildman–Crippen MR) is 69.2 cm³/mol. The normalized spacial score (nSPS) is 12.6. The maximum Gasteiger partial charge on any atom is 0.147 e. The molecule has 1 aromatic carbocycles. The zero-order valence-electron chi connectivity index (χ0n) is 6.85. The van der Waals surface area contributed by atoms with Gasteiger partial charge in [-0.15, -0.1) is 0 Å². The fourth-order valence-corrected chi connectivity index (χ4v) is 3.16. The van der Waals surface area contributed by atoms with E-state index in [9.17, 15) is 4.79 Å². The highest BCUT2D eigenvalue weighted by atomic mass is 127. The summed E-state index contributed by atoms with van der Waals surface area (Å²) in [6.07, 6.45) is 0. The monoisotopic (exact) mass is 416 g/mol. The fourth-order valence-electron chi connectivity index (χ4n) is 0.926. The molecule has 0 heterocycles. The number of carbonyl (C=O) groups excluding carboxylic acids is 1. The first kappa shape index (κ1) is 11.7. The number of Topliss-reactive ketones (excluding diaryl/α,β-unsaturated/α-hetero) is 1. The molecule has 0 N–H and O–H groups in total. The van der Waals surface area contributed by atoms with Crippen LogP contribution >= 0.6 is 54.5 Å². The molecule has 0 saturated carbocycles. The Balaban J connectivity index is 3.08. The molecule has 1 rings (SSSR count). The molecule has 4 heteroatoms. The third-order valence-corrected chi connectivity index (χ3v) is 4.09. The van der Waals surface area contributed by atoms with E-state index in [1.807, 2.05) is 18.2 Å². The van der Waals surface area contributed by atoms with Crippen LogP contribution in [0.2, 0.25) is 0 Å². The van der Waals surface area contributed by atoms with Crippen molar-refractivity contribution in [3.8, 4) is 0 Å². The molecule has 70 valence electrons. The molecule has 0 radical (unpaired) electrons. The number of carbonyl (C=O) groups is 1. The molecular formula is C9H7Br2IO. The Hall–Kier alpha value is 0.580. The Labute approximate surface area is 108 Å². The van der Waals surface area contributed by atoms with Gasteiger partial charge in [0, 0.05) is 8.04 Å². The molecule has 0 bridgehead atoms. The van der Waals surface area contributed by atoms with Crippen LogP contribution in [0.25, 0.3) is 0 Å². The third kappa shape index (κ3) is 3.02. The highest BCUT2D eigenvalue weighted by Gasteiger charge is 2.15. The van der Waals surface area contributed by atoms with Crippen molar-refractivity contribution in [2.24, 2.45) is 0 Å². The van der Waals surface area contributed by atoms with Crippen molar-refractivity contribution < 1.29 is 4.79 Å². The molecule has 1 atom stereocenters. The molecular weight excluding hydrogens is 411 g/mol. The molecule has 1 unspecified atom stereocenters. The number of ketones is 1. The SMILES string of the molecule is CC(=O)C(Br)c1ccc(I)cc1Br. The van der Waals surface area contributed by atoms with Crippen LogP contribution in [0.5, 0.6) is 0 Å². The van der Waals surface area contributed by atoms with Gasteiger partial charge in [0.1, 0.15) is 5.78 Å². The second-order valence-corrected chi connectivity index (χ2v) is 5.65. The van der Waals surface area contributed by atoms with Gasteiger partial charge in [-0.2, -0.15) is 0 Å². The summed E-state index contributed by atoms with van der Waals surface area (Å²) in [4.78, 5) is 10.9. The molecule has 0 aliphatic rings. The second-order valence-electron chi connectivity index (χ2n) is 2.64. The van der Waals surface area contributed by atoms with Gasteiger partial charge in [-0.3, -0.25) is 4.79 Å². The van der Waals surface area contributed by atoms with Gasteiger partial charge < -0.3 is 0 Å². The first-order valence-corrected chi connectivity index (χ1v) is 6.40. The number of rotatable bonds is 2. The summed E-state index contributed by atoms with van der Waals surface area (Å²) in [6.45, 7) is 1.57. The minimum Gasteiger partial charge on any atom is -0.298 e. The van der Waals surface area contributed by atoms with Crippen LogP contribution in [-0.2, 0) is 4.79 Å². The van der Waals surface area contributed by atoms with Crippen LogP contribution in [-0.4, -0.2) is 5.78 Å². The highest BCUT2D eigenvalue weighted by molar-refractivity contribution is 14.1. The van der Waals surface area contributed by atoms with Crippen LogP contribution in [0, 0.1) is 3.57 Å². The molecule has 1 nitrogen and oxygen atoms in total. The third-order valence-electron chi connectivity index (χ3n) is 1.59. The van der Waals surface area contributed by atoms with Gasteiger partial charge in [-0.1, -0.05) is 37.9 Å². The van der Waals surface area contributed by atoms with Crippen LogP contribution in [0.1, 0.15) is 17.3 Å². The summed E-state index contributed by atoms with van der Waals surface area (Å²) < 4.78 is 2.12. The van der Waals surface area contributed by atoms with E-state index < -0.39 is 0 Å². The summed E-state index contributed by atoms with van der Waals surface area (Å²) in [5.41, 5.74) is 0.980. The van der Waals surface area contributed by atoms with Crippen molar-refractivity contribution in [1.29, 1.82) is 0 Å². The Morgan fingerprint density at radius 2 is 2.15 bits per heavy atom. The van der Waals surface area contributed by atoms with Gasteiger partial charge in [0.25, 0.3) is 0 Å². The van der Waals surface area contributed by atoms with Gasteiger partial charge >= 0.3 is 0 Å². The van der Waals surface area contributed by atoms with Crippen LogP contribution < -0.4 is 0 Å². The second kappa shape index (κ2) is 4.89. The van der Waals surface area contributed by atoms with E-state index in [2.05, 4.69) is 54.5 Å². The summed E-state index contributed by atoms with van der Waals surface area (Å²) in [7, 11) is 0. The lowest BCUT2D eigenvalue weighted by Gasteiger charge is -2.08. The van der Waals surface area contributed by atoms with Crippen molar-refractivity contribution in [2.75, 3.05) is 0 Å². The van der Waals surface area contributed by atoms with Crippen molar-refractivity contribution in [2.45, 2.75) is 11.8 Å². The van der Waals surface area contributed by atoms with E-state index in [0.717, 1.165) is 13.6 Å². The Kier molecular flexibility index (Phi) is 4.38. The van der Waals surface area contributed by atoms with Crippen molar-refractivity contribution >= 4 is 60.2 Å². The molecule has 0 aliphatic heterocycles. The number of hydrogen-bond donors (Lipinski definition) is 0. The van der Waals surface area contributed by atoms with E-state index >= 15 is 0 Å². The Morgan fingerprint density at radius 3 is 2.62 bits per heavy atom. The lowest BCUT2D eigenvalue weighted by Crippen LogP contribution is -2.01. The fraction of sp³-hybridized carbons (Fsp3) is 0.222. The van der Waals surface area contributed by atoms with Crippen LogP contribution in [0.4, 0.5) is 0 Å². The summed E-state index contributed by atoms with van der Waals surface area (Å²) in [6, 6.07) is 5.93. The van der Waals surface area contributed by atoms with Crippen molar-refractivity contribution in [1.82, 2.24) is 0 Å². The molecule has 13 heavy (non-hydrogen) atoms. The largest absolute Gasteiger partial charge is 0.298 e. The zero-order valence-corrected chi connectivity index (χ0v) is 12.2. The molecule has 1 aromatic rings.